The van der Waals surface area contributed by atoms with Gasteiger partial charge in [0.2, 0.25) is 0 Å². The zero-order valence-electron chi connectivity index (χ0n) is 4.70. The van der Waals surface area contributed by atoms with Gasteiger partial charge in [0.15, 0.2) is 17.4 Å². The van der Waals surface area contributed by atoms with Gasteiger partial charge in [-0.1, -0.05) is 0 Å². The summed E-state index contributed by atoms with van der Waals surface area (Å²) < 4.78 is 8.88. The van der Waals surface area contributed by atoms with Crippen molar-refractivity contribution in [3.8, 4) is 0 Å². The molecule has 8 heavy (non-hydrogen) atoms. The van der Waals surface area contributed by atoms with Gasteiger partial charge in [0.1, 0.15) is 0 Å². The van der Waals surface area contributed by atoms with E-state index in [4.69, 9.17) is 19.2 Å². The number of rotatable bonds is 0. The zero-order chi connectivity index (χ0) is 4.50. The Bertz CT molecular complexity index is 66.7. The van der Waals surface area contributed by atoms with Crippen molar-refractivity contribution in [1.82, 2.24) is 0 Å². The smallest absolute Gasteiger partial charge is 1.00 e. The van der Waals surface area contributed by atoms with Crippen LogP contribution in [0.4, 0.5) is 0 Å². The summed E-state index contributed by atoms with van der Waals surface area (Å²) in [4.78, 5) is 21.6. The van der Waals surface area contributed by atoms with Gasteiger partial charge < -0.3 is 16.1 Å². The second-order valence-corrected chi connectivity index (χ2v) is 1.54. The summed E-state index contributed by atoms with van der Waals surface area (Å²) in [5, 5.41) is 0. The normalized spacial score (nSPS) is 7.38. The Kier molecular flexibility index (Phi) is 25.2. The van der Waals surface area contributed by atoms with Crippen LogP contribution >= 0.6 is 7.82 Å². The Morgan fingerprint density at radius 1 is 1.25 bits per heavy atom. The molecule has 0 aromatic rings. The van der Waals surface area contributed by atoms with Gasteiger partial charge in [-0.2, -0.15) is 0 Å². The molecule has 0 rings (SSSR count). The van der Waals surface area contributed by atoms with Crippen LogP contribution in [0.5, 0.6) is 0 Å². The molecule has 8 heteroatoms. The van der Waals surface area contributed by atoms with Crippen LogP contribution in [-0.4, -0.2) is 32.0 Å². The Morgan fingerprint density at radius 3 is 1.25 bits per heavy atom. The fraction of sp³-hybridized carbons (Fsp3) is 0. The average Bonchev–Trinajstić information content (AvgIpc) is 0.722. The first-order valence-corrected chi connectivity index (χ1v) is 2.35. The predicted molar refractivity (Wildman–Crippen MR) is 25.3 cm³/mol. The van der Waals surface area contributed by atoms with E-state index in [0.717, 1.165) is 0 Å². The van der Waals surface area contributed by atoms with Gasteiger partial charge >= 0.3 is 26.7 Å². The van der Waals surface area contributed by atoms with Gasteiger partial charge in [-0.15, -0.1) is 0 Å². The number of phosphoric acid groups is 1. The van der Waals surface area contributed by atoms with Crippen LogP contribution in [0.25, 0.3) is 0 Å². The Morgan fingerprint density at radius 2 is 1.25 bits per heavy atom. The summed E-state index contributed by atoms with van der Waals surface area (Å²) in [6.07, 6.45) is 0. The van der Waals surface area contributed by atoms with Crippen LogP contribution in [0.15, 0.2) is 0 Å². The summed E-state index contributed by atoms with van der Waals surface area (Å²) in [5.41, 5.74) is 0. The molecule has 3 N–H and O–H groups in total. The first-order valence-electron chi connectivity index (χ1n) is 0.783. The van der Waals surface area contributed by atoms with Crippen LogP contribution in [0.2, 0.25) is 0 Å². The standard InChI is InChI=1S/Al.Li.H3O4P.Ti.4H/c;;1-5(2,3)4;;;;;/h;;(H3,1,2,3,4);;;;;/q;+1;;;;;;-1. The second kappa shape index (κ2) is 8.95. The van der Waals surface area contributed by atoms with Crippen molar-refractivity contribution in [2.24, 2.45) is 0 Å². The molecule has 0 saturated heterocycles. The summed E-state index contributed by atoms with van der Waals surface area (Å²) >= 11 is 0. The molecule has 0 unspecified atom stereocenters. The minimum atomic E-state index is -4.64. The minimum absolute atomic E-state index is 0. The van der Waals surface area contributed by atoms with E-state index in [1.807, 2.05) is 0 Å². The van der Waals surface area contributed by atoms with Gasteiger partial charge in [0.05, 0.1) is 0 Å². The Hall–Kier alpha value is 1.95. The average molecular weight is 184 g/mol. The van der Waals surface area contributed by atoms with E-state index < -0.39 is 7.82 Å². The van der Waals surface area contributed by atoms with Gasteiger partial charge in [-0.3, -0.25) is 0 Å². The van der Waals surface area contributed by atoms with E-state index in [1.54, 1.807) is 0 Å². The van der Waals surface area contributed by atoms with E-state index in [9.17, 15) is 0 Å². The molecule has 4 nitrogen and oxygen atoms in total. The molecule has 0 amide bonds. The van der Waals surface area contributed by atoms with Crippen molar-refractivity contribution in [2.45, 2.75) is 0 Å². The van der Waals surface area contributed by atoms with Crippen molar-refractivity contribution in [3.63, 3.8) is 0 Å². The zero-order valence-corrected chi connectivity index (χ0v) is 6.15. The molecule has 0 bridgehead atoms. The molecule has 0 radical (unpaired) electrons. The topological polar surface area (TPSA) is 77.8 Å². The molecule has 0 spiro atoms. The second-order valence-electron chi connectivity index (χ2n) is 0.513. The summed E-state index contributed by atoms with van der Waals surface area (Å²) in [6, 6.07) is 0. The fourth-order valence-electron chi connectivity index (χ4n) is 0. The molecule has 0 saturated carbocycles. The fourth-order valence-corrected chi connectivity index (χ4v) is 0. The quantitative estimate of drug-likeness (QED) is 0.260. The van der Waals surface area contributed by atoms with Gasteiger partial charge in [0, 0.05) is 21.7 Å². The third-order valence-electron chi connectivity index (χ3n) is 0. The van der Waals surface area contributed by atoms with E-state index >= 15 is 0 Å². The van der Waals surface area contributed by atoms with Crippen molar-refractivity contribution in [1.29, 1.82) is 0 Å². The van der Waals surface area contributed by atoms with Gasteiger partial charge in [0.25, 0.3) is 0 Å². The van der Waals surface area contributed by atoms with Crippen LogP contribution in [0.3, 0.4) is 0 Å². The maximum atomic E-state index is 8.88. The van der Waals surface area contributed by atoms with Crippen molar-refractivity contribution < 1.29 is 61.3 Å². The van der Waals surface area contributed by atoms with E-state index in [0.29, 0.717) is 0 Å². The molecule has 44 valence electrons. The monoisotopic (exact) mass is 184 g/mol. The maximum Gasteiger partial charge on any atom is 1.00 e. The molecule has 0 fully saturated rings. The van der Waals surface area contributed by atoms with E-state index in [2.05, 4.69) is 0 Å². The van der Waals surface area contributed by atoms with Gasteiger partial charge in [-0.25, -0.2) is 4.57 Å². The van der Waals surface area contributed by atoms with Crippen LogP contribution in [0.1, 0.15) is 1.43 Å². The molecular formula is H7AlLiO4PTi. The van der Waals surface area contributed by atoms with Gasteiger partial charge in [-0.05, 0) is 0 Å². The van der Waals surface area contributed by atoms with Crippen molar-refractivity contribution in [2.75, 3.05) is 0 Å². The molecule has 0 heterocycles. The van der Waals surface area contributed by atoms with Crippen LogP contribution in [-0.2, 0) is 26.3 Å². The Labute approximate surface area is 86.0 Å². The molecule has 0 aliphatic carbocycles. The van der Waals surface area contributed by atoms with Crippen LogP contribution in [0, 0.1) is 0 Å². The summed E-state index contributed by atoms with van der Waals surface area (Å²) in [5.74, 6) is 0. The van der Waals surface area contributed by atoms with Crippen molar-refractivity contribution >= 4 is 25.2 Å². The van der Waals surface area contributed by atoms with Crippen molar-refractivity contribution in [3.05, 3.63) is 0 Å². The molecule has 0 aromatic heterocycles. The Balaban J connectivity index is -0.0000000133. The molecule has 0 aromatic carbocycles. The summed E-state index contributed by atoms with van der Waals surface area (Å²) in [7, 11) is -4.64. The largest absolute Gasteiger partial charge is 1.00 e. The third kappa shape index (κ3) is 101. The summed E-state index contributed by atoms with van der Waals surface area (Å²) in [6.45, 7) is 0. The minimum Gasteiger partial charge on any atom is -1.00 e. The first-order chi connectivity index (χ1) is 2.00. The maximum absolute atomic E-state index is 8.88. The first kappa shape index (κ1) is 22.5. The number of hydrogen-bond donors (Lipinski definition) is 3. The van der Waals surface area contributed by atoms with E-state index in [1.165, 1.54) is 0 Å². The number of hydrogen-bond acceptors (Lipinski definition) is 1. The van der Waals surface area contributed by atoms with Crippen LogP contribution < -0.4 is 18.9 Å². The molecule has 0 aliphatic rings. The molecule has 0 atom stereocenters. The molecule has 0 aliphatic heterocycles. The SMILES string of the molecule is O=P(O)(O)O.[AlH3].[H-].[Li+].[Ti]. The van der Waals surface area contributed by atoms with E-state index in [-0.39, 0.29) is 59.4 Å². The molecular weight excluding hydrogens is 177 g/mol. The third-order valence-corrected chi connectivity index (χ3v) is 0. The predicted octanol–water partition coefficient (Wildman–Crippen LogP) is -5.00.